The fraction of sp³-hybridized carbons (Fsp3) is 0.259. The van der Waals surface area contributed by atoms with Crippen LogP contribution in [0.15, 0.2) is 66.7 Å². The molecule has 2 unspecified atom stereocenters. The Hall–Kier alpha value is -3.13. The molecule has 5 nitrogen and oxygen atoms in total. The molecule has 1 aliphatic rings. The van der Waals surface area contributed by atoms with Crippen LogP contribution >= 0.6 is 11.3 Å². The number of aliphatic carboxylic acids is 1. The summed E-state index contributed by atoms with van der Waals surface area (Å²) >= 11 is 1.46. The summed E-state index contributed by atoms with van der Waals surface area (Å²) in [6, 6.07) is 21.0. The van der Waals surface area contributed by atoms with Gasteiger partial charge in [-0.2, -0.15) is 0 Å². The van der Waals surface area contributed by atoms with Crippen LogP contribution in [0.2, 0.25) is 0 Å². The molecule has 0 spiro atoms. The molecule has 0 amide bonds. The van der Waals surface area contributed by atoms with Gasteiger partial charge in [-0.3, -0.25) is 4.90 Å². The molecule has 5 rings (SSSR count). The molecule has 0 aliphatic carbocycles. The first-order valence-electron chi connectivity index (χ1n) is 11.3. The second-order valence-electron chi connectivity index (χ2n) is 8.86. The number of thiazole rings is 1. The van der Waals surface area contributed by atoms with Crippen LogP contribution in [0.4, 0.5) is 4.39 Å². The van der Waals surface area contributed by atoms with Crippen molar-refractivity contribution >= 4 is 27.5 Å². The predicted molar refractivity (Wildman–Crippen MR) is 131 cm³/mol. The molecule has 0 radical (unpaired) electrons. The van der Waals surface area contributed by atoms with Gasteiger partial charge >= 0.3 is 5.97 Å². The number of nitrogens with zero attached hydrogens (tertiary/aromatic N) is 2. The first-order valence-corrected chi connectivity index (χ1v) is 12.1. The van der Waals surface area contributed by atoms with Crippen LogP contribution in [0.5, 0.6) is 0 Å². The molecule has 0 bridgehead atoms. The molecule has 2 heterocycles. The largest absolute Gasteiger partial charge is 0.479 e. The van der Waals surface area contributed by atoms with E-state index in [4.69, 9.17) is 4.98 Å². The van der Waals surface area contributed by atoms with Crippen molar-refractivity contribution in [3.05, 3.63) is 89.2 Å². The fourth-order valence-corrected chi connectivity index (χ4v) is 5.75. The van der Waals surface area contributed by atoms with E-state index in [1.807, 2.05) is 42.2 Å². The van der Waals surface area contributed by atoms with Crippen molar-refractivity contribution < 1.29 is 19.4 Å². The lowest BCUT2D eigenvalue weighted by Gasteiger charge is -2.51. The van der Waals surface area contributed by atoms with Crippen LogP contribution < -0.4 is 0 Å². The van der Waals surface area contributed by atoms with Crippen molar-refractivity contribution in [2.24, 2.45) is 0 Å². The van der Waals surface area contributed by atoms with Gasteiger partial charge in [0.2, 0.25) is 0 Å². The van der Waals surface area contributed by atoms with Gasteiger partial charge in [0.15, 0.2) is 5.60 Å². The molecule has 1 saturated heterocycles. The number of hydrogen-bond acceptors (Lipinski definition) is 5. The van der Waals surface area contributed by atoms with Crippen molar-refractivity contribution in [2.75, 3.05) is 6.54 Å². The zero-order chi connectivity index (χ0) is 23.9. The molecule has 2 atom stereocenters. The molecule has 2 N–H and O–H groups in total. The highest BCUT2D eigenvalue weighted by Gasteiger charge is 2.56. The standard InChI is InChI=1S/C27H25FN2O3S/c1-2-24-27(33,26(31)32)16-30(24)15-19-8-10-20(21(28)13-19)25-29-22-14-18(9-11-23(22)34-25)12-17-6-4-3-5-7-17/h3-11,13-14,24,33H,2,12,15-16H2,1H3,(H,31,32). The molecule has 3 aromatic carbocycles. The number of β-amino-alcohol motifs (C(OH)–C–C–N with tert-alkyl or cyclic N) is 1. The van der Waals surface area contributed by atoms with Gasteiger partial charge in [-0.1, -0.05) is 49.4 Å². The maximum atomic E-state index is 15.1. The summed E-state index contributed by atoms with van der Waals surface area (Å²) in [6.45, 7) is 2.26. The van der Waals surface area contributed by atoms with Crippen LogP contribution in [0.25, 0.3) is 20.8 Å². The Labute approximate surface area is 201 Å². The number of fused-ring (bicyclic) bond motifs is 1. The van der Waals surface area contributed by atoms with E-state index in [0.29, 0.717) is 23.5 Å². The van der Waals surface area contributed by atoms with Gasteiger partial charge in [0.05, 0.1) is 16.3 Å². The number of hydrogen-bond donors (Lipinski definition) is 2. The first kappa shape index (κ1) is 22.7. The first-order chi connectivity index (χ1) is 16.4. The summed E-state index contributed by atoms with van der Waals surface area (Å²) in [5, 5.41) is 20.2. The third-order valence-corrected chi connectivity index (χ3v) is 7.62. The zero-order valence-corrected chi connectivity index (χ0v) is 19.6. The van der Waals surface area contributed by atoms with Crippen molar-refractivity contribution in [3.63, 3.8) is 0 Å². The Morgan fingerprint density at radius 3 is 2.59 bits per heavy atom. The number of carboxylic acid groups (broad SMARTS) is 1. The van der Waals surface area contributed by atoms with Gasteiger partial charge in [-0.25, -0.2) is 14.2 Å². The molecule has 0 saturated carbocycles. The number of rotatable bonds is 7. The minimum Gasteiger partial charge on any atom is -0.479 e. The van der Waals surface area contributed by atoms with Crippen molar-refractivity contribution in [1.29, 1.82) is 0 Å². The predicted octanol–water partition coefficient (Wildman–Crippen LogP) is 5.10. The molecular weight excluding hydrogens is 451 g/mol. The summed E-state index contributed by atoms with van der Waals surface area (Å²) in [6.07, 6.45) is 1.32. The lowest BCUT2D eigenvalue weighted by Crippen LogP contribution is -2.72. The highest BCUT2D eigenvalue weighted by Crippen LogP contribution is 2.35. The molecular formula is C27H25FN2O3S. The fourth-order valence-electron chi connectivity index (χ4n) is 4.78. The molecule has 1 aliphatic heterocycles. The lowest BCUT2D eigenvalue weighted by molar-refractivity contribution is -0.197. The van der Waals surface area contributed by atoms with Crippen LogP contribution in [0, 0.1) is 5.82 Å². The Balaban J connectivity index is 1.34. The summed E-state index contributed by atoms with van der Waals surface area (Å²) in [4.78, 5) is 17.9. The van der Waals surface area contributed by atoms with Gasteiger partial charge in [0.1, 0.15) is 10.8 Å². The third-order valence-electron chi connectivity index (χ3n) is 6.55. The second kappa shape index (κ2) is 8.91. The average molecular weight is 477 g/mol. The van der Waals surface area contributed by atoms with Gasteiger partial charge < -0.3 is 10.2 Å². The van der Waals surface area contributed by atoms with Crippen molar-refractivity contribution in [1.82, 2.24) is 9.88 Å². The number of halogens is 1. The van der Waals surface area contributed by atoms with E-state index < -0.39 is 17.6 Å². The number of benzene rings is 3. The average Bonchev–Trinajstić information content (AvgIpc) is 3.22. The molecule has 34 heavy (non-hydrogen) atoms. The Morgan fingerprint density at radius 1 is 1.12 bits per heavy atom. The number of aromatic nitrogens is 1. The van der Waals surface area contributed by atoms with Crippen LogP contribution in [0.3, 0.4) is 0 Å². The number of likely N-dealkylation sites (tertiary alicyclic amines) is 1. The summed E-state index contributed by atoms with van der Waals surface area (Å²) < 4.78 is 16.1. The smallest absolute Gasteiger partial charge is 0.338 e. The van der Waals surface area contributed by atoms with Crippen molar-refractivity contribution in [3.8, 4) is 10.6 Å². The van der Waals surface area contributed by atoms with Gasteiger partial charge in [-0.05, 0) is 53.8 Å². The minimum absolute atomic E-state index is 0.0351. The van der Waals surface area contributed by atoms with E-state index in [9.17, 15) is 15.0 Å². The molecule has 1 aromatic heterocycles. The van der Waals surface area contributed by atoms with Gasteiger partial charge in [0, 0.05) is 18.7 Å². The van der Waals surface area contributed by atoms with E-state index >= 15 is 4.39 Å². The van der Waals surface area contributed by atoms with Crippen LogP contribution in [-0.2, 0) is 17.8 Å². The SMILES string of the molecule is CCC1N(Cc2ccc(-c3nc4cc(Cc5ccccc5)ccc4s3)c(F)c2)CC1(O)C(=O)O. The van der Waals surface area contributed by atoms with Crippen molar-refractivity contribution in [2.45, 2.75) is 38.0 Å². The van der Waals surface area contributed by atoms with Gasteiger partial charge in [0.25, 0.3) is 0 Å². The van der Waals surface area contributed by atoms with Crippen LogP contribution in [-0.4, -0.2) is 44.3 Å². The number of aliphatic hydroxyl groups is 1. The van der Waals surface area contributed by atoms with E-state index in [-0.39, 0.29) is 12.4 Å². The minimum atomic E-state index is -1.73. The maximum Gasteiger partial charge on any atom is 0.338 e. The second-order valence-corrected chi connectivity index (χ2v) is 9.89. The highest BCUT2D eigenvalue weighted by atomic mass is 32.1. The maximum absolute atomic E-state index is 15.1. The highest BCUT2D eigenvalue weighted by molar-refractivity contribution is 7.21. The molecule has 7 heteroatoms. The third kappa shape index (κ3) is 4.11. The normalized spacial score (nSPS) is 20.4. The lowest BCUT2D eigenvalue weighted by atomic mass is 9.81. The number of carboxylic acids is 1. The van der Waals surface area contributed by atoms with E-state index in [0.717, 1.165) is 27.8 Å². The monoisotopic (exact) mass is 476 g/mol. The number of carbonyl (C=O) groups is 1. The summed E-state index contributed by atoms with van der Waals surface area (Å²) in [7, 11) is 0. The summed E-state index contributed by atoms with van der Waals surface area (Å²) in [5.41, 5.74) is 2.70. The van der Waals surface area contributed by atoms with E-state index in [1.165, 1.54) is 23.0 Å². The quantitative estimate of drug-likeness (QED) is 0.388. The molecule has 4 aromatic rings. The van der Waals surface area contributed by atoms with Crippen LogP contribution in [0.1, 0.15) is 30.0 Å². The topological polar surface area (TPSA) is 73.7 Å². The molecule has 174 valence electrons. The zero-order valence-electron chi connectivity index (χ0n) is 18.7. The summed E-state index contributed by atoms with van der Waals surface area (Å²) in [5.74, 6) is -1.57. The Morgan fingerprint density at radius 2 is 1.88 bits per heavy atom. The van der Waals surface area contributed by atoms with E-state index in [1.54, 1.807) is 6.07 Å². The van der Waals surface area contributed by atoms with E-state index in [2.05, 4.69) is 24.3 Å². The van der Waals surface area contributed by atoms with Gasteiger partial charge in [-0.15, -0.1) is 11.3 Å². The Kier molecular flexibility index (Phi) is 5.93. The Bertz CT molecular complexity index is 1360. The molecule has 1 fully saturated rings.